The number of nitrogens with zero attached hydrogens (tertiary/aromatic N) is 2. The van der Waals surface area contributed by atoms with E-state index in [0.717, 1.165) is 44.0 Å². The van der Waals surface area contributed by atoms with Gasteiger partial charge in [0.1, 0.15) is 0 Å². The van der Waals surface area contributed by atoms with E-state index in [9.17, 15) is 13.2 Å². The van der Waals surface area contributed by atoms with Gasteiger partial charge in [-0.15, -0.1) is 0 Å². The number of hydrogen-bond acceptors (Lipinski definition) is 5. The van der Waals surface area contributed by atoms with E-state index in [1.165, 1.54) is 12.1 Å². The Morgan fingerprint density at radius 2 is 1.68 bits per heavy atom. The number of rotatable bonds is 9. The number of amides is 1. The molecule has 2 aromatic carbocycles. The average molecular weight is 446 g/mol. The minimum atomic E-state index is -3.67. The van der Waals surface area contributed by atoms with Crippen molar-refractivity contribution in [2.75, 3.05) is 39.4 Å². The molecule has 1 aliphatic heterocycles. The summed E-state index contributed by atoms with van der Waals surface area (Å²) in [7, 11) is -3.67. The van der Waals surface area contributed by atoms with Gasteiger partial charge in [-0.25, -0.2) is 13.1 Å². The van der Waals surface area contributed by atoms with Crippen LogP contribution >= 0.6 is 0 Å². The summed E-state index contributed by atoms with van der Waals surface area (Å²) in [5.41, 5.74) is 2.54. The Morgan fingerprint density at radius 3 is 2.32 bits per heavy atom. The highest BCUT2D eigenvalue weighted by atomic mass is 32.2. The highest BCUT2D eigenvalue weighted by Gasteiger charge is 2.17. The van der Waals surface area contributed by atoms with Gasteiger partial charge in [0, 0.05) is 44.8 Å². The fourth-order valence-electron chi connectivity index (χ4n) is 3.59. The van der Waals surface area contributed by atoms with Crippen molar-refractivity contribution < 1.29 is 17.9 Å². The number of ether oxygens (including phenoxy) is 1. The van der Waals surface area contributed by atoms with E-state index in [1.54, 1.807) is 17.0 Å². The first-order chi connectivity index (χ1) is 14.9. The maximum Gasteiger partial charge on any atom is 0.253 e. The average Bonchev–Trinajstić information content (AvgIpc) is 2.79. The third-order valence-electron chi connectivity index (χ3n) is 5.43. The molecular weight excluding hydrogens is 414 g/mol. The second-order valence-corrected chi connectivity index (χ2v) is 9.30. The Hall–Kier alpha value is -2.26. The second kappa shape index (κ2) is 10.9. The third kappa shape index (κ3) is 6.36. The zero-order valence-corrected chi connectivity index (χ0v) is 19.0. The third-order valence-corrected chi connectivity index (χ3v) is 6.85. The molecule has 1 fully saturated rings. The van der Waals surface area contributed by atoms with Crippen molar-refractivity contribution in [2.45, 2.75) is 31.8 Å². The number of sulfonamides is 1. The molecule has 31 heavy (non-hydrogen) atoms. The van der Waals surface area contributed by atoms with Gasteiger partial charge in [0.15, 0.2) is 0 Å². The maximum absolute atomic E-state index is 12.7. The van der Waals surface area contributed by atoms with Crippen LogP contribution in [0.2, 0.25) is 0 Å². The van der Waals surface area contributed by atoms with E-state index in [0.29, 0.717) is 18.7 Å². The lowest BCUT2D eigenvalue weighted by molar-refractivity contribution is 0.0342. The Bertz CT molecular complexity index is 967. The van der Waals surface area contributed by atoms with Gasteiger partial charge in [-0.3, -0.25) is 9.69 Å². The van der Waals surface area contributed by atoms with Gasteiger partial charge in [-0.1, -0.05) is 24.3 Å². The van der Waals surface area contributed by atoms with Crippen LogP contribution in [0.15, 0.2) is 53.4 Å². The molecule has 1 aliphatic rings. The van der Waals surface area contributed by atoms with Crippen molar-refractivity contribution >= 4 is 15.9 Å². The van der Waals surface area contributed by atoms with Crippen molar-refractivity contribution in [3.63, 3.8) is 0 Å². The highest BCUT2D eigenvalue weighted by molar-refractivity contribution is 7.89. The number of benzene rings is 2. The molecule has 1 amide bonds. The zero-order valence-electron chi connectivity index (χ0n) is 18.2. The molecule has 0 saturated carbocycles. The predicted octanol–water partition coefficient (Wildman–Crippen LogP) is 2.48. The lowest BCUT2D eigenvalue weighted by Crippen LogP contribution is -2.35. The monoisotopic (exact) mass is 445 g/mol. The first kappa shape index (κ1) is 23.4. The minimum Gasteiger partial charge on any atom is -0.379 e. The SMILES string of the molecule is CCN(CC)C(=O)c1ccc(S(=O)(=O)NCc2cccc(CN3CCOCC3)c2)cc1. The molecule has 1 heterocycles. The number of carbonyl (C=O) groups excluding carboxylic acids is 1. The van der Waals surface area contributed by atoms with Crippen molar-refractivity contribution in [1.82, 2.24) is 14.5 Å². The molecule has 0 atom stereocenters. The van der Waals surface area contributed by atoms with E-state index in [-0.39, 0.29) is 17.3 Å². The molecule has 0 aliphatic carbocycles. The standard InChI is InChI=1S/C23H31N3O4S/c1-3-26(4-2)23(27)21-8-10-22(11-9-21)31(28,29)24-17-19-6-5-7-20(16-19)18-25-12-14-30-15-13-25/h5-11,16,24H,3-4,12-15,17-18H2,1-2H3. The van der Waals surface area contributed by atoms with Gasteiger partial charge >= 0.3 is 0 Å². The van der Waals surface area contributed by atoms with Crippen molar-refractivity contribution in [3.8, 4) is 0 Å². The predicted molar refractivity (Wildman–Crippen MR) is 120 cm³/mol. The van der Waals surface area contributed by atoms with Crippen LogP contribution in [0.25, 0.3) is 0 Å². The lowest BCUT2D eigenvalue weighted by Gasteiger charge is -2.26. The quantitative estimate of drug-likeness (QED) is 0.642. The molecule has 0 radical (unpaired) electrons. The first-order valence-electron chi connectivity index (χ1n) is 10.7. The largest absolute Gasteiger partial charge is 0.379 e. The number of carbonyl (C=O) groups is 1. The summed E-state index contributed by atoms with van der Waals surface area (Å²) in [6.45, 7) is 9.40. The summed E-state index contributed by atoms with van der Waals surface area (Å²) in [4.78, 5) is 16.6. The van der Waals surface area contributed by atoms with Gasteiger partial charge in [-0.2, -0.15) is 0 Å². The molecule has 0 bridgehead atoms. The summed E-state index contributed by atoms with van der Waals surface area (Å²) < 4.78 is 33.5. The topological polar surface area (TPSA) is 79.0 Å². The van der Waals surface area contributed by atoms with Crippen LogP contribution < -0.4 is 4.72 Å². The van der Waals surface area contributed by atoms with Crippen molar-refractivity contribution in [3.05, 3.63) is 65.2 Å². The number of nitrogens with one attached hydrogen (secondary N) is 1. The first-order valence-corrected chi connectivity index (χ1v) is 12.2. The van der Waals surface area contributed by atoms with Gasteiger partial charge in [0.25, 0.3) is 5.91 Å². The highest BCUT2D eigenvalue weighted by Crippen LogP contribution is 2.14. The van der Waals surface area contributed by atoms with Gasteiger partial charge in [0.2, 0.25) is 10.0 Å². The van der Waals surface area contributed by atoms with Crippen LogP contribution in [0.3, 0.4) is 0 Å². The summed E-state index contributed by atoms with van der Waals surface area (Å²) >= 11 is 0. The molecule has 0 aromatic heterocycles. The van der Waals surface area contributed by atoms with E-state index in [4.69, 9.17) is 4.74 Å². The fraction of sp³-hybridized carbons (Fsp3) is 0.435. The molecule has 1 N–H and O–H groups in total. The van der Waals surface area contributed by atoms with Gasteiger partial charge in [0.05, 0.1) is 18.1 Å². The summed E-state index contributed by atoms with van der Waals surface area (Å²) in [6, 6.07) is 14.0. The molecule has 1 saturated heterocycles. The van der Waals surface area contributed by atoms with Gasteiger partial charge in [-0.05, 0) is 49.2 Å². The molecule has 0 unspecified atom stereocenters. The molecule has 7 nitrogen and oxygen atoms in total. The smallest absolute Gasteiger partial charge is 0.253 e. The Morgan fingerprint density at radius 1 is 1.03 bits per heavy atom. The van der Waals surface area contributed by atoms with Crippen LogP contribution in [0.1, 0.15) is 35.3 Å². The minimum absolute atomic E-state index is 0.0982. The van der Waals surface area contributed by atoms with Crippen LogP contribution in [-0.4, -0.2) is 63.5 Å². The van der Waals surface area contributed by atoms with Gasteiger partial charge < -0.3 is 9.64 Å². The lowest BCUT2D eigenvalue weighted by atomic mass is 10.1. The molecule has 0 spiro atoms. The second-order valence-electron chi connectivity index (χ2n) is 7.53. The van der Waals surface area contributed by atoms with E-state index < -0.39 is 10.0 Å². The van der Waals surface area contributed by atoms with Crippen molar-refractivity contribution in [2.24, 2.45) is 0 Å². The maximum atomic E-state index is 12.7. The van der Waals surface area contributed by atoms with Crippen LogP contribution in [0.5, 0.6) is 0 Å². The van der Waals surface area contributed by atoms with E-state index in [2.05, 4.69) is 15.7 Å². The molecular formula is C23H31N3O4S. The van der Waals surface area contributed by atoms with Crippen LogP contribution in [-0.2, 0) is 27.8 Å². The summed E-state index contributed by atoms with van der Waals surface area (Å²) in [6.07, 6.45) is 0. The Kier molecular flexibility index (Phi) is 8.20. The number of hydrogen-bond donors (Lipinski definition) is 1. The van der Waals surface area contributed by atoms with Crippen LogP contribution in [0, 0.1) is 0 Å². The number of morpholine rings is 1. The molecule has 3 rings (SSSR count). The molecule has 168 valence electrons. The van der Waals surface area contributed by atoms with E-state index >= 15 is 0 Å². The zero-order chi connectivity index (χ0) is 22.3. The van der Waals surface area contributed by atoms with Crippen LogP contribution in [0.4, 0.5) is 0 Å². The fourth-order valence-corrected chi connectivity index (χ4v) is 4.60. The Labute approximate surface area is 185 Å². The normalized spacial score (nSPS) is 15.0. The summed E-state index contributed by atoms with van der Waals surface area (Å²) in [5, 5.41) is 0. The Balaban J connectivity index is 1.62. The van der Waals surface area contributed by atoms with Crippen molar-refractivity contribution in [1.29, 1.82) is 0 Å². The molecule has 2 aromatic rings. The molecule has 8 heteroatoms. The summed E-state index contributed by atoms with van der Waals surface area (Å²) in [5.74, 6) is -0.0982. The van der Waals surface area contributed by atoms with E-state index in [1.807, 2.05) is 32.0 Å².